The zero-order valence-corrected chi connectivity index (χ0v) is 8.21. The van der Waals surface area contributed by atoms with Gasteiger partial charge in [0, 0.05) is 12.6 Å². The number of hydrogen-bond donors (Lipinski definition) is 0. The molecule has 5 nitrogen and oxygen atoms in total. The van der Waals surface area contributed by atoms with Gasteiger partial charge in [0.25, 0.3) is 0 Å². The molecule has 0 aliphatic rings. The molecule has 5 heteroatoms. The molecule has 1 unspecified atom stereocenters. The van der Waals surface area contributed by atoms with Crippen molar-refractivity contribution in [2.75, 3.05) is 0 Å². The summed E-state index contributed by atoms with van der Waals surface area (Å²) in [6.45, 7) is 1.58. The topological polar surface area (TPSA) is 76.5 Å². The first-order chi connectivity index (χ1) is 7.20. The number of Topliss-reactive ketones (excluding diaryl/α,β-unsaturated/α-hetero) is 2. The standard InChI is InChI=1S/C10H10N2O3/c1-2-8(13)9(12-15)10(14)7-5-3-4-6-11-7/h3-6,9H,2H2,1H3. The molecule has 0 radical (unpaired) electrons. The molecule has 0 aromatic carbocycles. The van der Waals surface area contributed by atoms with Crippen LogP contribution in [0, 0.1) is 4.91 Å². The van der Waals surface area contributed by atoms with Crippen molar-refractivity contribution in [3.63, 3.8) is 0 Å². The molecule has 0 amide bonds. The highest BCUT2D eigenvalue weighted by atomic mass is 16.3. The zero-order valence-electron chi connectivity index (χ0n) is 8.21. The first-order valence-electron chi connectivity index (χ1n) is 4.51. The lowest BCUT2D eigenvalue weighted by molar-refractivity contribution is -0.118. The van der Waals surface area contributed by atoms with E-state index in [1.165, 1.54) is 12.3 Å². The lowest BCUT2D eigenvalue weighted by Gasteiger charge is -2.04. The molecule has 78 valence electrons. The van der Waals surface area contributed by atoms with Crippen LogP contribution < -0.4 is 0 Å². The number of nitroso groups, excluding NO2 is 1. The third-order valence-corrected chi connectivity index (χ3v) is 1.92. The Morgan fingerprint density at radius 2 is 2.20 bits per heavy atom. The van der Waals surface area contributed by atoms with Crippen molar-refractivity contribution in [3.8, 4) is 0 Å². The highest BCUT2D eigenvalue weighted by Gasteiger charge is 2.27. The fourth-order valence-corrected chi connectivity index (χ4v) is 1.09. The van der Waals surface area contributed by atoms with Crippen molar-refractivity contribution in [1.82, 2.24) is 4.98 Å². The van der Waals surface area contributed by atoms with Gasteiger partial charge in [0.05, 0.1) is 0 Å². The van der Waals surface area contributed by atoms with Gasteiger partial charge in [0.1, 0.15) is 5.69 Å². The van der Waals surface area contributed by atoms with E-state index in [-0.39, 0.29) is 12.1 Å². The van der Waals surface area contributed by atoms with Gasteiger partial charge in [-0.3, -0.25) is 14.6 Å². The number of pyridine rings is 1. The van der Waals surface area contributed by atoms with E-state index in [1.807, 2.05) is 0 Å². The maximum Gasteiger partial charge on any atom is 0.216 e. The Kier molecular flexibility index (Phi) is 3.79. The van der Waals surface area contributed by atoms with Crippen LogP contribution in [0.1, 0.15) is 23.8 Å². The van der Waals surface area contributed by atoms with Gasteiger partial charge in [-0.2, -0.15) is 0 Å². The van der Waals surface area contributed by atoms with Crippen molar-refractivity contribution in [3.05, 3.63) is 35.0 Å². The van der Waals surface area contributed by atoms with Crippen molar-refractivity contribution in [2.24, 2.45) is 5.18 Å². The second-order valence-corrected chi connectivity index (χ2v) is 2.91. The molecular weight excluding hydrogens is 196 g/mol. The van der Waals surface area contributed by atoms with E-state index in [0.29, 0.717) is 0 Å². The summed E-state index contributed by atoms with van der Waals surface area (Å²) >= 11 is 0. The van der Waals surface area contributed by atoms with E-state index >= 15 is 0 Å². The monoisotopic (exact) mass is 206 g/mol. The van der Waals surface area contributed by atoms with Crippen LogP contribution in [0.3, 0.4) is 0 Å². The Balaban J connectivity index is 2.92. The smallest absolute Gasteiger partial charge is 0.216 e. The molecule has 1 aromatic rings. The molecule has 0 aliphatic heterocycles. The third kappa shape index (κ3) is 2.52. The molecule has 0 saturated heterocycles. The van der Waals surface area contributed by atoms with Crippen LogP contribution in [0.5, 0.6) is 0 Å². The van der Waals surface area contributed by atoms with Crippen LogP contribution in [0.2, 0.25) is 0 Å². The zero-order chi connectivity index (χ0) is 11.3. The number of nitrogens with zero attached hydrogens (tertiary/aromatic N) is 2. The molecule has 1 atom stereocenters. The summed E-state index contributed by atoms with van der Waals surface area (Å²) in [5.41, 5.74) is 0.0869. The van der Waals surface area contributed by atoms with E-state index in [2.05, 4.69) is 10.2 Å². The summed E-state index contributed by atoms with van der Waals surface area (Å²) in [6, 6.07) is 3.24. The number of carbonyl (C=O) groups is 2. The Morgan fingerprint density at radius 3 is 2.67 bits per heavy atom. The normalized spacial score (nSPS) is 11.8. The minimum Gasteiger partial charge on any atom is -0.297 e. The SMILES string of the molecule is CCC(=O)C(N=O)C(=O)c1ccccn1. The van der Waals surface area contributed by atoms with Gasteiger partial charge in [-0.25, -0.2) is 0 Å². The molecule has 1 heterocycles. The summed E-state index contributed by atoms with van der Waals surface area (Å²) in [5.74, 6) is -1.13. The summed E-state index contributed by atoms with van der Waals surface area (Å²) in [4.78, 5) is 37.0. The summed E-state index contributed by atoms with van der Waals surface area (Å²) in [6.07, 6.45) is 1.53. The maximum atomic E-state index is 11.6. The van der Waals surface area contributed by atoms with Gasteiger partial charge in [0.15, 0.2) is 5.78 Å². The maximum absolute atomic E-state index is 11.6. The van der Waals surface area contributed by atoms with Crippen molar-refractivity contribution >= 4 is 11.6 Å². The van der Waals surface area contributed by atoms with E-state index in [9.17, 15) is 14.5 Å². The fourth-order valence-electron chi connectivity index (χ4n) is 1.09. The molecule has 0 fully saturated rings. The second-order valence-electron chi connectivity index (χ2n) is 2.91. The predicted molar refractivity (Wildman–Crippen MR) is 53.4 cm³/mol. The summed E-state index contributed by atoms with van der Waals surface area (Å²) in [5, 5.41) is 2.55. The van der Waals surface area contributed by atoms with Crippen molar-refractivity contribution in [1.29, 1.82) is 0 Å². The lowest BCUT2D eigenvalue weighted by atomic mass is 10.0. The first kappa shape index (κ1) is 11.2. The van der Waals surface area contributed by atoms with Crippen LogP contribution in [0.4, 0.5) is 0 Å². The van der Waals surface area contributed by atoms with E-state index in [1.54, 1.807) is 19.1 Å². The summed E-state index contributed by atoms with van der Waals surface area (Å²) in [7, 11) is 0. The van der Waals surface area contributed by atoms with Crippen LogP contribution >= 0.6 is 0 Å². The number of hydrogen-bond acceptors (Lipinski definition) is 5. The van der Waals surface area contributed by atoms with Crippen molar-refractivity contribution < 1.29 is 9.59 Å². The van der Waals surface area contributed by atoms with E-state index in [0.717, 1.165) is 0 Å². The van der Waals surface area contributed by atoms with Crippen LogP contribution in [0.15, 0.2) is 29.6 Å². The molecule has 1 rings (SSSR count). The Bertz CT molecular complexity index is 376. The van der Waals surface area contributed by atoms with E-state index in [4.69, 9.17) is 0 Å². The van der Waals surface area contributed by atoms with Gasteiger partial charge in [-0.15, -0.1) is 4.91 Å². The van der Waals surface area contributed by atoms with Crippen LogP contribution in [-0.4, -0.2) is 22.6 Å². The van der Waals surface area contributed by atoms with Gasteiger partial charge in [0.2, 0.25) is 11.8 Å². The first-order valence-corrected chi connectivity index (χ1v) is 4.51. The largest absolute Gasteiger partial charge is 0.297 e. The summed E-state index contributed by atoms with van der Waals surface area (Å²) < 4.78 is 0. The fraction of sp³-hybridized carbons (Fsp3) is 0.300. The number of carbonyl (C=O) groups excluding carboxylic acids is 2. The van der Waals surface area contributed by atoms with E-state index < -0.39 is 17.6 Å². The molecule has 15 heavy (non-hydrogen) atoms. The van der Waals surface area contributed by atoms with Gasteiger partial charge < -0.3 is 0 Å². The number of aromatic nitrogens is 1. The minimum absolute atomic E-state index is 0.0869. The molecule has 1 aromatic heterocycles. The highest BCUT2D eigenvalue weighted by Crippen LogP contribution is 2.06. The van der Waals surface area contributed by atoms with Gasteiger partial charge in [-0.1, -0.05) is 13.0 Å². The van der Waals surface area contributed by atoms with Gasteiger partial charge >= 0.3 is 0 Å². The average Bonchev–Trinajstić information content (AvgIpc) is 2.30. The number of rotatable bonds is 5. The minimum atomic E-state index is -1.45. The van der Waals surface area contributed by atoms with Crippen molar-refractivity contribution in [2.45, 2.75) is 19.4 Å². The molecule has 0 N–H and O–H groups in total. The molecule has 0 aliphatic carbocycles. The van der Waals surface area contributed by atoms with Crippen LogP contribution in [0.25, 0.3) is 0 Å². The Hall–Kier alpha value is -1.91. The molecule has 0 bridgehead atoms. The quantitative estimate of drug-likeness (QED) is 0.414. The molecule has 0 saturated carbocycles. The van der Waals surface area contributed by atoms with Crippen LogP contribution in [-0.2, 0) is 4.79 Å². The second kappa shape index (κ2) is 5.09. The highest BCUT2D eigenvalue weighted by molar-refractivity contribution is 6.13. The number of ketones is 2. The molecular formula is C10H10N2O3. The Labute approximate surface area is 86.5 Å². The predicted octanol–water partition coefficient (Wildman–Crippen LogP) is 1.38. The van der Waals surface area contributed by atoms with Gasteiger partial charge in [-0.05, 0) is 17.3 Å². The third-order valence-electron chi connectivity index (χ3n) is 1.92. The Morgan fingerprint density at radius 1 is 1.47 bits per heavy atom. The molecule has 0 spiro atoms. The lowest BCUT2D eigenvalue weighted by Crippen LogP contribution is -2.28. The average molecular weight is 206 g/mol.